The summed E-state index contributed by atoms with van der Waals surface area (Å²) in [5.74, 6) is -2.64. The number of likely N-dealkylation sites (N-methyl/N-ethyl adjacent to an activating group) is 1. The van der Waals surface area contributed by atoms with Crippen molar-refractivity contribution in [1.82, 2.24) is 10.2 Å². The number of ether oxygens (including phenoxy) is 1. The maximum absolute atomic E-state index is 14.2. The second kappa shape index (κ2) is 9.45. The number of carbonyl (C=O) groups is 1. The Morgan fingerprint density at radius 3 is 2.74 bits per heavy atom. The topological polar surface area (TPSA) is 41.6 Å². The Bertz CT molecular complexity index is 493. The van der Waals surface area contributed by atoms with Gasteiger partial charge in [-0.15, -0.1) is 0 Å². The van der Waals surface area contributed by atoms with Crippen molar-refractivity contribution >= 4 is 5.91 Å². The minimum Gasteiger partial charge on any atom is -0.494 e. The fraction of sp³-hybridized carbons (Fsp3) is 0.588. The van der Waals surface area contributed by atoms with E-state index in [2.05, 4.69) is 5.32 Å². The highest BCUT2D eigenvalue weighted by atomic mass is 19.3. The summed E-state index contributed by atoms with van der Waals surface area (Å²) in [4.78, 5) is 12.8. The maximum atomic E-state index is 14.2. The molecule has 23 heavy (non-hydrogen) atoms. The van der Waals surface area contributed by atoms with Gasteiger partial charge in [-0.2, -0.15) is 0 Å². The summed E-state index contributed by atoms with van der Waals surface area (Å²) in [6, 6.07) is 6.05. The minimum absolute atomic E-state index is 0.0588. The molecule has 130 valence electrons. The highest BCUT2D eigenvalue weighted by Gasteiger charge is 2.31. The molecule has 0 spiro atoms. The zero-order chi connectivity index (χ0) is 17.3. The third-order valence-corrected chi connectivity index (χ3v) is 3.41. The normalized spacial score (nSPS) is 11.3. The van der Waals surface area contributed by atoms with Gasteiger partial charge in [0.1, 0.15) is 5.75 Å². The van der Waals surface area contributed by atoms with Gasteiger partial charge in [0.25, 0.3) is 5.92 Å². The molecular formula is C17H26F2N2O2. The molecule has 0 bridgehead atoms. The monoisotopic (exact) mass is 328 g/mol. The van der Waals surface area contributed by atoms with Gasteiger partial charge in [-0.1, -0.05) is 25.5 Å². The average molecular weight is 328 g/mol. The summed E-state index contributed by atoms with van der Waals surface area (Å²) in [6.07, 6.45) is 1.52. The Kier molecular flexibility index (Phi) is 7.95. The Labute approximate surface area is 136 Å². The van der Waals surface area contributed by atoms with E-state index in [0.717, 1.165) is 12.8 Å². The van der Waals surface area contributed by atoms with Crippen molar-refractivity contribution in [2.24, 2.45) is 0 Å². The second-order valence-electron chi connectivity index (χ2n) is 5.65. The van der Waals surface area contributed by atoms with Crippen molar-refractivity contribution in [1.29, 1.82) is 0 Å². The Morgan fingerprint density at radius 1 is 1.35 bits per heavy atom. The lowest BCUT2D eigenvalue weighted by molar-refractivity contribution is -0.127. The van der Waals surface area contributed by atoms with Gasteiger partial charge < -0.3 is 15.0 Å². The molecule has 1 rings (SSSR count). The van der Waals surface area contributed by atoms with Gasteiger partial charge in [-0.25, -0.2) is 8.78 Å². The molecule has 0 aliphatic heterocycles. The first-order valence-corrected chi connectivity index (χ1v) is 7.89. The van der Waals surface area contributed by atoms with Crippen LogP contribution in [0.3, 0.4) is 0 Å². The minimum atomic E-state index is -2.96. The Balaban J connectivity index is 2.51. The van der Waals surface area contributed by atoms with Gasteiger partial charge in [-0.05, 0) is 18.6 Å². The number of hydrogen-bond donors (Lipinski definition) is 1. The molecule has 0 radical (unpaired) electrons. The standard InChI is InChI=1S/C17H26F2N2O2/c1-4-5-11-23-15-8-6-7-14(12-15)17(18,19)9-10-20-13-16(22)21(2)3/h6-8,12,20H,4-5,9-11,13H2,1-3H3. The van der Waals surface area contributed by atoms with Crippen LogP contribution in [0.4, 0.5) is 8.78 Å². The second-order valence-corrected chi connectivity index (χ2v) is 5.65. The fourth-order valence-corrected chi connectivity index (χ4v) is 1.89. The number of rotatable bonds is 10. The Morgan fingerprint density at radius 2 is 2.09 bits per heavy atom. The van der Waals surface area contributed by atoms with E-state index in [-0.39, 0.29) is 31.0 Å². The van der Waals surface area contributed by atoms with Gasteiger partial charge in [0.2, 0.25) is 5.91 Å². The van der Waals surface area contributed by atoms with Crippen LogP contribution in [-0.2, 0) is 10.7 Å². The van der Waals surface area contributed by atoms with E-state index in [4.69, 9.17) is 4.74 Å². The lowest BCUT2D eigenvalue weighted by Gasteiger charge is -2.18. The summed E-state index contributed by atoms with van der Waals surface area (Å²) in [6.45, 7) is 2.69. The van der Waals surface area contributed by atoms with E-state index in [0.29, 0.717) is 12.4 Å². The molecule has 1 aromatic rings. The van der Waals surface area contributed by atoms with Crippen LogP contribution in [-0.4, -0.2) is 44.6 Å². The number of halogens is 2. The molecule has 1 amide bonds. The van der Waals surface area contributed by atoms with E-state index in [1.807, 2.05) is 6.92 Å². The number of nitrogens with one attached hydrogen (secondary N) is 1. The van der Waals surface area contributed by atoms with Gasteiger partial charge in [-0.3, -0.25) is 4.79 Å². The molecule has 1 aromatic carbocycles. The third kappa shape index (κ3) is 6.95. The number of benzene rings is 1. The van der Waals surface area contributed by atoms with Crippen LogP contribution in [0, 0.1) is 0 Å². The molecule has 0 aromatic heterocycles. The van der Waals surface area contributed by atoms with Crippen molar-refractivity contribution < 1.29 is 18.3 Å². The summed E-state index contributed by atoms with van der Waals surface area (Å²) >= 11 is 0. The summed E-state index contributed by atoms with van der Waals surface area (Å²) in [7, 11) is 3.26. The molecule has 0 heterocycles. The van der Waals surface area contributed by atoms with Crippen LogP contribution < -0.4 is 10.1 Å². The van der Waals surface area contributed by atoms with E-state index >= 15 is 0 Å². The van der Waals surface area contributed by atoms with E-state index in [1.54, 1.807) is 26.2 Å². The van der Waals surface area contributed by atoms with Crippen molar-refractivity contribution in [2.75, 3.05) is 33.8 Å². The molecule has 0 aliphatic rings. The zero-order valence-electron chi connectivity index (χ0n) is 14.1. The largest absolute Gasteiger partial charge is 0.494 e. The third-order valence-electron chi connectivity index (χ3n) is 3.41. The predicted molar refractivity (Wildman–Crippen MR) is 86.9 cm³/mol. The highest BCUT2D eigenvalue weighted by molar-refractivity contribution is 5.77. The lowest BCUT2D eigenvalue weighted by Crippen LogP contribution is -2.34. The number of amides is 1. The molecule has 4 nitrogen and oxygen atoms in total. The number of hydrogen-bond acceptors (Lipinski definition) is 3. The fourth-order valence-electron chi connectivity index (χ4n) is 1.89. The molecule has 6 heteroatoms. The molecule has 1 N–H and O–H groups in total. The van der Waals surface area contributed by atoms with E-state index in [9.17, 15) is 13.6 Å². The number of nitrogens with zero attached hydrogens (tertiary/aromatic N) is 1. The summed E-state index contributed by atoms with van der Waals surface area (Å²) in [5, 5.41) is 2.75. The SMILES string of the molecule is CCCCOc1cccc(C(F)(F)CCNCC(=O)N(C)C)c1. The molecule has 0 fully saturated rings. The maximum Gasteiger partial charge on any atom is 0.274 e. The highest BCUT2D eigenvalue weighted by Crippen LogP contribution is 2.33. The first-order valence-electron chi connectivity index (χ1n) is 7.89. The first-order chi connectivity index (χ1) is 10.9. The van der Waals surface area contributed by atoms with Crippen molar-refractivity contribution in [3.63, 3.8) is 0 Å². The van der Waals surface area contributed by atoms with Gasteiger partial charge in [0.15, 0.2) is 0 Å². The molecule has 0 saturated heterocycles. The van der Waals surface area contributed by atoms with Crippen molar-refractivity contribution in [2.45, 2.75) is 32.1 Å². The number of unbranched alkanes of at least 4 members (excludes halogenated alkanes) is 1. The molecule has 0 unspecified atom stereocenters. The van der Waals surface area contributed by atoms with E-state index < -0.39 is 5.92 Å². The van der Waals surface area contributed by atoms with Crippen LogP contribution in [0.5, 0.6) is 5.75 Å². The van der Waals surface area contributed by atoms with Crippen molar-refractivity contribution in [3.8, 4) is 5.75 Å². The quantitative estimate of drug-likeness (QED) is 0.671. The Hall–Kier alpha value is -1.69. The van der Waals surface area contributed by atoms with Gasteiger partial charge in [0.05, 0.1) is 13.2 Å². The van der Waals surface area contributed by atoms with Crippen molar-refractivity contribution in [3.05, 3.63) is 29.8 Å². The molecule has 0 aliphatic carbocycles. The smallest absolute Gasteiger partial charge is 0.274 e. The predicted octanol–water partition coefficient (Wildman–Crippen LogP) is 3.03. The molecule has 0 atom stereocenters. The molecule has 0 saturated carbocycles. The first kappa shape index (κ1) is 19.4. The van der Waals surface area contributed by atoms with E-state index in [1.165, 1.54) is 17.0 Å². The summed E-state index contributed by atoms with van der Waals surface area (Å²) < 4.78 is 33.9. The van der Waals surface area contributed by atoms with Gasteiger partial charge >= 0.3 is 0 Å². The van der Waals surface area contributed by atoms with Crippen LogP contribution in [0.1, 0.15) is 31.7 Å². The molecular weight excluding hydrogens is 302 g/mol. The van der Waals surface area contributed by atoms with Gasteiger partial charge in [0, 0.05) is 32.6 Å². The summed E-state index contributed by atoms with van der Waals surface area (Å²) in [5.41, 5.74) is -0.0627. The van der Waals surface area contributed by atoms with Crippen LogP contribution in [0.2, 0.25) is 0 Å². The number of alkyl halides is 2. The van der Waals surface area contributed by atoms with Crippen LogP contribution in [0.25, 0.3) is 0 Å². The number of carbonyl (C=O) groups excluding carboxylic acids is 1. The average Bonchev–Trinajstić information content (AvgIpc) is 2.52. The zero-order valence-corrected chi connectivity index (χ0v) is 14.1. The van der Waals surface area contributed by atoms with Crippen LogP contribution in [0.15, 0.2) is 24.3 Å². The van der Waals surface area contributed by atoms with Crippen LogP contribution >= 0.6 is 0 Å². The lowest BCUT2D eigenvalue weighted by atomic mass is 10.1.